The van der Waals surface area contributed by atoms with Gasteiger partial charge in [0.1, 0.15) is 4.92 Å². The van der Waals surface area contributed by atoms with Crippen molar-refractivity contribution in [1.82, 2.24) is 0 Å². The molecule has 1 rings (SSSR count). The maximum absolute atomic E-state index is 10.1. The summed E-state index contributed by atoms with van der Waals surface area (Å²) < 4.78 is 0. The molecule has 0 saturated heterocycles. The van der Waals surface area contributed by atoms with Crippen LogP contribution < -0.4 is 0 Å². The summed E-state index contributed by atoms with van der Waals surface area (Å²) >= 11 is 0. The summed E-state index contributed by atoms with van der Waals surface area (Å²) in [5.74, 6) is -1.98. The molecule has 0 aliphatic carbocycles. The SMILES string of the molecule is O=[N+]([O-])C(O)=C(O)c1ccccc1. The Morgan fingerprint density at radius 1 is 1.23 bits per heavy atom. The normalized spacial score (nSPS) is 12.0. The Morgan fingerprint density at radius 2 is 1.77 bits per heavy atom. The molecule has 0 aliphatic rings. The van der Waals surface area contributed by atoms with Gasteiger partial charge in [-0.2, -0.15) is 0 Å². The number of hydrogen-bond donors (Lipinski definition) is 2. The van der Waals surface area contributed by atoms with E-state index in [-0.39, 0.29) is 5.56 Å². The summed E-state index contributed by atoms with van der Waals surface area (Å²) in [6, 6.07) is 7.79. The number of nitro groups is 1. The first-order chi connectivity index (χ1) is 6.13. The number of aliphatic hydroxyl groups excluding tert-OH is 2. The minimum atomic E-state index is -1.24. The third-order valence-corrected chi connectivity index (χ3v) is 1.43. The fraction of sp³-hybridized carbons (Fsp3) is 0. The molecule has 0 atom stereocenters. The summed E-state index contributed by atoms with van der Waals surface area (Å²) in [7, 11) is 0. The van der Waals surface area contributed by atoms with Crippen LogP contribution in [0.4, 0.5) is 0 Å². The molecule has 0 radical (unpaired) electrons. The van der Waals surface area contributed by atoms with E-state index in [9.17, 15) is 10.1 Å². The maximum atomic E-state index is 10.1. The summed E-state index contributed by atoms with van der Waals surface area (Å²) in [6.07, 6.45) is 0. The molecule has 0 fully saturated rings. The zero-order valence-electron chi connectivity index (χ0n) is 6.54. The standard InChI is InChI=1S/C8H7NO4/c10-7(8(11)9(12)13)6-4-2-1-3-5-6/h1-5,10-11H. The van der Waals surface area contributed by atoms with Gasteiger partial charge >= 0.3 is 5.88 Å². The largest absolute Gasteiger partial charge is 0.499 e. The van der Waals surface area contributed by atoms with Crippen LogP contribution in [0.2, 0.25) is 0 Å². The molecule has 0 heterocycles. The smallest absolute Gasteiger partial charge is 0.468 e. The lowest BCUT2D eigenvalue weighted by molar-refractivity contribution is -0.458. The van der Waals surface area contributed by atoms with E-state index in [2.05, 4.69) is 0 Å². The van der Waals surface area contributed by atoms with Crippen LogP contribution in [-0.4, -0.2) is 15.1 Å². The summed E-state index contributed by atoms with van der Waals surface area (Å²) in [4.78, 5) is 9.00. The predicted molar refractivity (Wildman–Crippen MR) is 45.6 cm³/mol. The molecule has 0 spiro atoms. The van der Waals surface area contributed by atoms with Crippen LogP contribution in [-0.2, 0) is 0 Å². The van der Waals surface area contributed by atoms with Gasteiger partial charge in [0.2, 0.25) is 5.76 Å². The summed E-state index contributed by atoms with van der Waals surface area (Å²) in [6.45, 7) is 0. The van der Waals surface area contributed by atoms with Gasteiger partial charge < -0.3 is 10.2 Å². The molecule has 0 aliphatic heterocycles. The van der Waals surface area contributed by atoms with Crippen molar-refractivity contribution in [3.05, 3.63) is 51.9 Å². The van der Waals surface area contributed by atoms with Crippen molar-refractivity contribution in [2.75, 3.05) is 0 Å². The van der Waals surface area contributed by atoms with E-state index in [1.807, 2.05) is 0 Å². The number of benzene rings is 1. The molecule has 0 saturated carbocycles. The first-order valence-corrected chi connectivity index (χ1v) is 3.45. The van der Waals surface area contributed by atoms with Crippen molar-refractivity contribution in [3.63, 3.8) is 0 Å². The lowest BCUT2D eigenvalue weighted by Crippen LogP contribution is -2.01. The molecule has 1 aromatic carbocycles. The molecule has 13 heavy (non-hydrogen) atoms. The van der Waals surface area contributed by atoms with Gasteiger partial charge in [-0.3, -0.25) is 10.1 Å². The highest BCUT2D eigenvalue weighted by atomic mass is 16.7. The Labute approximate surface area is 73.7 Å². The molecule has 5 heteroatoms. The first-order valence-electron chi connectivity index (χ1n) is 3.45. The highest BCUT2D eigenvalue weighted by Gasteiger charge is 2.16. The Bertz CT molecular complexity index is 344. The van der Waals surface area contributed by atoms with Crippen LogP contribution in [0.25, 0.3) is 5.76 Å². The highest BCUT2D eigenvalue weighted by Crippen LogP contribution is 2.13. The number of aliphatic hydroxyl groups is 2. The van der Waals surface area contributed by atoms with E-state index in [1.54, 1.807) is 18.2 Å². The molecular formula is C8H7NO4. The second kappa shape index (κ2) is 3.57. The van der Waals surface area contributed by atoms with Crippen LogP contribution in [0, 0.1) is 10.1 Å². The van der Waals surface area contributed by atoms with Crippen LogP contribution >= 0.6 is 0 Å². The van der Waals surface area contributed by atoms with Crippen LogP contribution in [0.1, 0.15) is 5.56 Å². The third-order valence-electron chi connectivity index (χ3n) is 1.43. The van der Waals surface area contributed by atoms with Crippen molar-refractivity contribution in [3.8, 4) is 0 Å². The average molecular weight is 181 g/mol. The lowest BCUT2D eigenvalue weighted by atomic mass is 10.2. The highest BCUT2D eigenvalue weighted by molar-refractivity contribution is 5.58. The van der Waals surface area contributed by atoms with Gasteiger partial charge in [0.05, 0.1) is 0 Å². The number of nitrogens with zero attached hydrogens (tertiary/aromatic N) is 1. The first kappa shape index (κ1) is 9.05. The third kappa shape index (κ3) is 1.96. The van der Waals surface area contributed by atoms with Crippen molar-refractivity contribution >= 4 is 5.76 Å². The molecule has 2 N–H and O–H groups in total. The van der Waals surface area contributed by atoms with E-state index in [0.717, 1.165) is 0 Å². The van der Waals surface area contributed by atoms with Crippen LogP contribution in [0.15, 0.2) is 36.2 Å². The summed E-state index contributed by atoms with van der Waals surface area (Å²) in [5, 5.41) is 28.0. The minimum absolute atomic E-state index is 0.205. The molecule has 1 aromatic rings. The van der Waals surface area contributed by atoms with Gasteiger partial charge in [-0.15, -0.1) is 0 Å². The topological polar surface area (TPSA) is 83.6 Å². The monoisotopic (exact) mass is 181 g/mol. The van der Waals surface area contributed by atoms with Gasteiger partial charge in [-0.25, -0.2) is 0 Å². The zero-order chi connectivity index (χ0) is 9.84. The molecule has 0 bridgehead atoms. The quantitative estimate of drug-likeness (QED) is 0.413. The van der Waals surface area contributed by atoms with E-state index in [0.29, 0.717) is 0 Å². The molecule has 0 amide bonds. The number of hydrogen-bond acceptors (Lipinski definition) is 4. The van der Waals surface area contributed by atoms with Gasteiger partial charge in [0.25, 0.3) is 0 Å². The molecule has 0 unspecified atom stereocenters. The van der Waals surface area contributed by atoms with Crippen molar-refractivity contribution in [1.29, 1.82) is 0 Å². The molecular weight excluding hydrogens is 174 g/mol. The second-order valence-corrected chi connectivity index (χ2v) is 2.30. The van der Waals surface area contributed by atoms with E-state index in [4.69, 9.17) is 10.2 Å². The average Bonchev–Trinajstić information content (AvgIpc) is 2.17. The Balaban J connectivity index is 3.11. The molecule has 5 nitrogen and oxygen atoms in total. The Hall–Kier alpha value is -2.04. The lowest BCUT2D eigenvalue weighted by Gasteiger charge is -1.96. The molecule has 68 valence electrons. The van der Waals surface area contributed by atoms with Gasteiger partial charge in [0, 0.05) is 5.56 Å². The van der Waals surface area contributed by atoms with Crippen molar-refractivity contribution in [2.24, 2.45) is 0 Å². The number of rotatable bonds is 2. The van der Waals surface area contributed by atoms with Gasteiger partial charge in [-0.1, -0.05) is 30.3 Å². The fourth-order valence-electron chi connectivity index (χ4n) is 0.812. The van der Waals surface area contributed by atoms with E-state index in [1.165, 1.54) is 12.1 Å². The zero-order valence-corrected chi connectivity index (χ0v) is 6.54. The molecule has 0 aromatic heterocycles. The second-order valence-electron chi connectivity index (χ2n) is 2.30. The predicted octanol–water partition coefficient (Wildman–Crippen LogP) is 1.71. The van der Waals surface area contributed by atoms with E-state index >= 15 is 0 Å². The minimum Gasteiger partial charge on any atom is -0.499 e. The van der Waals surface area contributed by atoms with Gasteiger partial charge in [0.15, 0.2) is 0 Å². The van der Waals surface area contributed by atoms with Gasteiger partial charge in [-0.05, 0) is 0 Å². The van der Waals surface area contributed by atoms with Crippen LogP contribution in [0.3, 0.4) is 0 Å². The maximum Gasteiger partial charge on any atom is 0.468 e. The summed E-state index contributed by atoms with van der Waals surface area (Å²) in [5.41, 5.74) is 0.205. The van der Waals surface area contributed by atoms with Crippen LogP contribution in [0.5, 0.6) is 0 Å². The van der Waals surface area contributed by atoms with Crippen molar-refractivity contribution < 1.29 is 15.1 Å². The van der Waals surface area contributed by atoms with Crippen molar-refractivity contribution in [2.45, 2.75) is 0 Å². The Kier molecular flexibility index (Phi) is 2.49. The van der Waals surface area contributed by atoms with E-state index < -0.39 is 16.6 Å². The fourth-order valence-corrected chi connectivity index (χ4v) is 0.812. The Morgan fingerprint density at radius 3 is 2.23 bits per heavy atom.